The molecule has 1 heterocycles. The van der Waals surface area contributed by atoms with Gasteiger partial charge in [-0.3, -0.25) is 0 Å². The summed E-state index contributed by atoms with van der Waals surface area (Å²) < 4.78 is 5.17. The molecule has 0 aliphatic rings. The molecular weight excluding hydrogens is 396 g/mol. The predicted octanol–water partition coefficient (Wildman–Crippen LogP) is 3.20. The summed E-state index contributed by atoms with van der Waals surface area (Å²) in [5.41, 5.74) is -1.28. The Kier molecular flexibility index (Phi) is 8.43. The number of aliphatic carboxylic acids is 1. The molecule has 1 rings (SSSR count). The van der Waals surface area contributed by atoms with Crippen molar-refractivity contribution in [1.82, 2.24) is 20.5 Å². The lowest BCUT2D eigenvalue weighted by Crippen LogP contribution is -2.58. The van der Waals surface area contributed by atoms with Crippen LogP contribution in [-0.2, 0) is 22.6 Å². The van der Waals surface area contributed by atoms with E-state index < -0.39 is 29.2 Å². The molecule has 0 radical (unpaired) electrons. The largest absolute Gasteiger partial charge is 0.480 e. The molecule has 0 aliphatic carbocycles. The molecule has 0 aromatic carbocycles. The summed E-state index contributed by atoms with van der Waals surface area (Å²) in [6.45, 7) is 11.0. The number of carbonyl (C=O) groups excluding carboxylic acids is 2. The maximum atomic E-state index is 12.5. The highest BCUT2D eigenvalue weighted by molar-refractivity contribution is 7.09. The van der Waals surface area contributed by atoms with E-state index in [9.17, 15) is 19.5 Å². The zero-order chi connectivity index (χ0) is 22.4. The highest BCUT2D eigenvalue weighted by Gasteiger charge is 2.40. The van der Waals surface area contributed by atoms with E-state index in [1.807, 2.05) is 6.92 Å². The van der Waals surface area contributed by atoms with Crippen LogP contribution in [0, 0.1) is 5.92 Å². The molecule has 0 aliphatic heterocycles. The van der Waals surface area contributed by atoms with Gasteiger partial charge in [0.15, 0.2) is 0 Å². The number of carboxylic acid groups (broad SMARTS) is 1. The summed E-state index contributed by atoms with van der Waals surface area (Å²) in [4.78, 5) is 41.6. The Morgan fingerprint density at radius 3 is 2.45 bits per heavy atom. The van der Waals surface area contributed by atoms with E-state index >= 15 is 0 Å². The van der Waals surface area contributed by atoms with Crippen molar-refractivity contribution in [3.8, 4) is 0 Å². The van der Waals surface area contributed by atoms with Crippen LogP contribution in [0.2, 0.25) is 0 Å². The Bertz CT molecular complexity index is 730. The minimum atomic E-state index is -1.36. The molecule has 9 nitrogen and oxygen atoms in total. The molecular formula is C19H32N4O5S. The molecule has 1 aromatic rings. The Balaban J connectivity index is 2.64. The first kappa shape index (κ1) is 24.7. The van der Waals surface area contributed by atoms with Gasteiger partial charge in [0.1, 0.15) is 16.1 Å². The van der Waals surface area contributed by atoms with Gasteiger partial charge in [0.05, 0.1) is 18.8 Å². The van der Waals surface area contributed by atoms with Crippen LogP contribution in [0.25, 0.3) is 0 Å². The van der Waals surface area contributed by atoms with Crippen molar-refractivity contribution in [3.63, 3.8) is 0 Å². The average Bonchev–Trinajstić information content (AvgIpc) is 3.04. The predicted molar refractivity (Wildman–Crippen MR) is 111 cm³/mol. The van der Waals surface area contributed by atoms with Crippen LogP contribution in [-0.4, -0.2) is 51.3 Å². The number of rotatable bonds is 8. The third-order valence-corrected chi connectivity index (χ3v) is 5.43. The van der Waals surface area contributed by atoms with Gasteiger partial charge in [0.25, 0.3) is 0 Å². The van der Waals surface area contributed by atoms with Crippen molar-refractivity contribution in [2.75, 3.05) is 7.05 Å². The van der Waals surface area contributed by atoms with E-state index in [2.05, 4.69) is 15.6 Å². The lowest BCUT2D eigenvalue weighted by molar-refractivity contribution is -0.146. The minimum Gasteiger partial charge on any atom is -0.480 e. The maximum absolute atomic E-state index is 12.5. The number of hydrogen-bond acceptors (Lipinski definition) is 6. The van der Waals surface area contributed by atoms with Crippen molar-refractivity contribution < 1.29 is 24.2 Å². The second kappa shape index (κ2) is 9.91. The molecule has 2 atom stereocenters. The van der Waals surface area contributed by atoms with E-state index in [1.165, 1.54) is 23.2 Å². The van der Waals surface area contributed by atoms with Crippen LogP contribution in [0.3, 0.4) is 0 Å². The lowest BCUT2D eigenvalue weighted by atomic mass is 9.85. The molecule has 3 amide bonds. The Hall–Kier alpha value is -2.36. The standard InChI is InChI=1S/C19H32N4O5S/c1-8-12(2)19(6,15(24)25)22-16(26)23(7)10-13-11-29-14(21-13)9-20-17(27)28-18(3,4)5/h11-12H,8-10H2,1-7H3,(H,20,27)(H,22,26)(H,24,25)/t12-,19-/m0/s1. The van der Waals surface area contributed by atoms with Gasteiger partial charge in [0.2, 0.25) is 0 Å². The first-order valence-corrected chi connectivity index (χ1v) is 10.3. The van der Waals surface area contributed by atoms with E-state index in [4.69, 9.17) is 4.74 Å². The number of carboxylic acids is 1. The van der Waals surface area contributed by atoms with Crippen molar-refractivity contribution in [1.29, 1.82) is 0 Å². The van der Waals surface area contributed by atoms with Gasteiger partial charge < -0.3 is 25.4 Å². The number of thiazole rings is 1. The van der Waals surface area contributed by atoms with Crippen LogP contribution >= 0.6 is 11.3 Å². The molecule has 0 spiro atoms. The summed E-state index contributed by atoms with van der Waals surface area (Å²) in [7, 11) is 1.58. The topological polar surface area (TPSA) is 121 Å². The lowest BCUT2D eigenvalue weighted by Gasteiger charge is -2.33. The summed E-state index contributed by atoms with van der Waals surface area (Å²) in [6.07, 6.45) is 0.0936. The summed E-state index contributed by atoms with van der Waals surface area (Å²) in [5, 5.41) is 17.3. The Labute approximate surface area is 175 Å². The highest BCUT2D eigenvalue weighted by Crippen LogP contribution is 2.21. The van der Waals surface area contributed by atoms with Crippen LogP contribution in [0.15, 0.2) is 5.38 Å². The van der Waals surface area contributed by atoms with Crippen LogP contribution < -0.4 is 10.6 Å². The normalized spacial score (nSPS) is 14.4. The fraction of sp³-hybridized carbons (Fsp3) is 0.684. The minimum absolute atomic E-state index is 0.213. The van der Waals surface area contributed by atoms with Gasteiger partial charge in [-0.2, -0.15) is 0 Å². The van der Waals surface area contributed by atoms with Crippen molar-refractivity contribution in [2.24, 2.45) is 5.92 Å². The molecule has 3 N–H and O–H groups in total. The summed E-state index contributed by atoms with van der Waals surface area (Å²) in [5.74, 6) is -1.31. The highest BCUT2D eigenvalue weighted by atomic mass is 32.1. The van der Waals surface area contributed by atoms with Crippen molar-refractivity contribution in [3.05, 3.63) is 16.1 Å². The zero-order valence-corrected chi connectivity index (χ0v) is 19.0. The number of ether oxygens (including phenoxy) is 1. The van der Waals surface area contributed by atoms with E-state index in [-0.39, 0.29) is 19.0 Å². The van der Waals surface area contributed by atoms with Gasteiger partial charge in [0, 0.05) is 12.4 Å². The molecule has 0 saturated carbocycles. The average molecular weight is 429 g/mol. The SMILES string of the molecule is CC[C@H](C)[C@](C)(NC(=O)N(C)Cc1csc(CNC(=O)OC(C)(C)C)n1)C(=O)O. The van der Waals surface area contributed by atoms with Crippen LogP contribution in [0.5, 0.6) is 0 Å². The number of hydrogen-bond donors (Lipinski definition) is 3. The van der Waals surface area contributed by atoms with Gasteiger partial charge in [-0.05, 0) is 33.6 Å². The van der Waals surface area contributed by atoms with E-state index in [1.54, 1.807) is 40.1 Å². The molecule has 10 heteroatoms. The zero-order valence-electron chi connectivity index (χ0n) is 18.2. The van der Waals surface area contributed by atoms with Crippen LogP contribution in [0.4, 0.5) is 9.59 Å². The Morgan fingerprint density at radius 2 is 1.93 bits per heavy atom. The van der Waals surface area contributed by atoms with Crippen molar-refractivity contribution >= 4 is 29.4 Å². The van der Waals surface area contributed by atoms with Crippen LogP contribution in [0.1, 0.15) is 58.7 Å². The molecule has 29 heavy (non-hydrogen) atoms. The van der Waals surface area contributed by atoms with Gasteiger partial charge in [-0.15, -0.1) is 11.3 Å². The van der Waals surface area contributed by atoms with E-state index in [0.29, 0.717) is 17.1 Å². The number of alkyl carbamates (subject to hydrolysis) is 1. The maximum Gasteiger partial charge on any atom is 0.408 e. The molecule has 0 unspecified atom stereocenters. The summed E-state index contributed by atoms with van der Waals surface area (Å²) >= 11 is 1.36. The summed E-state index contributed by atoms with van der Waals surface area (Å²) in [6, 6.07) is -0.489. The number of urea groups is 1. The number of aromatic nitrogens is 1. The third kappa shape index (κ3) is 7.52. The Morgan fingerprint density at radius 1 is 1.31 bits per heavy atom. The van der Waals surface area contributed by atoms with Gasteiger partial charge >= 0.3 is 18.1 Å². The first-order valence-electron chi connectivity index (χ1n) is 9.45. The van der Waals surface area contributed by atoms with E-state index in [0.717, 1.165) is 0 Å². The second-order valence-corrected chi connectivity index (χ2v) is 9.13. The molecule has 1 aromatic heterocycles. The quantitative estimate of drug-likeness (QED) is 0.585. The first-order chi connectivity index (χ1) is 13.3. The number of carbonyl (C=O) groups is 3. The molecule has 164 valence electrons. The number of nitrogens with one attached hydrogen (secondary N) is 2. The fourth-order valence-electron chi connectivity index (χ4n) is 2.39. The van der Waals surface area contributed by atoms with Crippen molar-refractivity contribution in [2.45, 2.75) is 72.2 Å². The molecule has 0 bridgehead atoms. The molecule has 0 saturated heterocycles. The van der Waals surface area contributed by atoms with Gasteiger partial charge in [-0.25, -0.2) is 19.4 Å². The number of nitrogens with zero attached hydrogens (tertiary/aromatic N) is 2. The molecule has 0 fully saturated rings. The smallest absolute Gasteiger partial charge is 0.408 e. The monoisotopic (exact) mass is 428 g/mol. The number of amides is 3. The van der Waals surface area contributed by atoms with Gasteiger partial charge in [-0.1, -0.05) is 20.3 Å². The fourth-order valence-corrected chi connectivity index (χ4v) is 3.12. The second-order valence-electron chi connectivity index (χ2n) is 8.19. The third-order valence-electron chi connectivity index (χ3n) is 4.54.